The van der Waals surface area contributed by atoms with E-state index in [0.717, 1.165) is 12.1 Å². The maximum atomic E-state index is 13.1. The van der Waals surface area contributed by atoms with E-state index in [0.29, 0.717) is 4.47 Å². The number of ether oxygens (including phenoxy) is 1. The number of halogens is 5. The van der Waals surface area contributed by atoms with Gasteiger partial charge in [0.15, 0.2) is 0 Å². The van der Waals surface area contributed by atoms with Gasteiger partial charge in [-0.15, -0.1) is 0 Å². The van der Waals surface area contributed by atoms with Crippen molar-refractivity contribution in [2.45, 2.75) is 6.18 Å². The molecule has 0 radical (unpaired) electrons. The van der Waals surface area contributed by atoms with Crippen LogP contribution in [0.15, 0.2) is 40.9 Å². The van der Waals surface area contributed by atoms with Gasteiger partial charge < -0.3 is 4.74 Å². The molecule has 0 N–H and O–H groups in total. The van der Waals surface area contributed by atoms with Gasteiger partial charge in [-0.25, -0.2) is 9.37 Å². The van der Waals surface area contributed by atoms with E-state index < -0.39 is 17.7 Å². The van der Waals surface area contributed by atoms with Crippen LogP contribution in [0.25, 0.3) is 0 Å². The lowest BCUT2D eigenvalue weighted by molar-refractivity contribution is -0.141. The number of benzene rings is 1. The Morgan fingerprint density at radius 3 is 2.47 bits per heavy atom. The molecule has 0 aliphatic heterocycles. The first-order chi connectivity index (χ1) is 8.84. The van der Waals surface area contributed by atoms with Crippen LogP contribution in [-0.2, 0) is 6.18 Å². The highest BCUT2D eigenvalue weighted by molar-refractivity contribution is 9.10. The SMILES string of the molecule is Fc1cc(Br)cc(Oc2cccc(C(F)(F)F)n2)c1. The molecule has 0 aliphatic carbocycles. The molecule has 0 atom stereocenters. The Hall–Kier alpha value is -1.63. The molecule has 0 saturated carbocycles. The Morgan fingerprint density at radius 1 is 1.11 bits per heavy atom. The summed E-state index contributed by atoms with van der Waals surface area (Å²) in [7, 11) is 0. The van der Waals surface area contributed by atoms with E-state index in [1.165, 1.54) is 24.3 Å². The molecule has 2 rings (SSSR count). The summed E-state index contributed by atoms with van der Waals surface area (Å²) >= 11 is 3.05. The number of rotatable bonds is 2. The largest absolute Gasteiger partial charge is 0.439 e. The minimum absolute atomic E-state index is 0.0544. The molecular formula is C12H6BrF4NO. The van der Waals surface area contributed by atoms with Crippen molar-refractivity contribution < 1.29 is 22.3 Å². The van der Waals surface area contributed by atoms with E-state index in [4.69, 9.17) is 4.74 Å². The average molecular weight is 336 g/mol. The molecule has 2 aromatic rings. The molecule has 19 heavy (non-hydrogen) atoms. The highest BCUT2D eigenvalue weighted by atomic mass is 79.9. The van der Waals surface area contributed by atoms with Crippen LogP contribution in [0.1, 0.15) is 5.69 Å². The smallest absolute Gasteiger partial charge is 0.433 e. The molecule has 0 saturated heterocycles. The minimum atomic E-state index is -4.55. The van der Waals surface area contributed by atoms with Crippen molar-refractivity contribution in [1.82, 2.24) is 4.98 Å². The molecule has 0 spiro atoms. The summed E-state index contributed by atoms with van der Waals surface area (Å²) in [5, 5.41) is 0. The van der Waals surface area contributed by atoms with Crippen LogP contribution >= 0.6 is 15.9 Å². The highest BCUT2D eigenvalue weighted by Crippen LogP contribution is 2.30. The molecule has 0 bridgehead atoms. The van der Waals surface area contributed by atoms with Crippen molar-refractivity contribution in [3.8, 4) is 11.6 Å². The molecule has 1 aromatic heterocycles. The number of hydrogen-bond donors (Lipinski definition) is 0. The predicted octanol–water partition coefficient (Wildman–Crippen LogP) is 4.79. The summed E-state index contributed by atoms with van der Waals surface area (Å²) in [5.41, 5.74) is -1.07. The number of nitrogens with zero attached hydrogens (tertiary/aromatic N) is 1. The molecule has 0 aliphatic rings. The number of aromatic nitrogens is 1. The van der Waals surface area contributed by atoms with Gasteiger partial charge in [-0.3, -0.25) is 0 Å². The van der Waals surface area contributed by atoms with Gasteiger partial charge in [-0.05, 0) is 18.2 Å². The van der Waals surface area contributed by atoms with E-state index in [9.17, 15) is 17.6 Å². The van der Waals surface area contributed by atoms with Crippen LogP contribution in [0.5, 0.6) is 11.6 Å². The normalized spacial score (nSPS) is 11.4. The average Bonchev–Trinajstić information content (AvgIpc) is 2.26. The van der Waals surface area contributed by atoms with Gasteiger partial charge in [0.05, 0.1) is 0 Å². The topological polar surface area (TPSA) is 22.1 Å². The van der Waals surface area contributed by atoms with Crippen molar-refractivity contribution in [1.29, 1.82) is 0 Å². The first-order valence-electron chi connectivity index (χ1n) is 5.03. The first-order valence-corrected chi connectivity index (χ1v) is 5.82. The van der Waals surface area contributed by atoms with Gasteiger partial charge in [-0.2, -0.15) is 13.2 Å². The second-order valence-electron chi connectivity index (χ2n) is 3.57. The highest BCUT2D eigenvalue weighted by Gasteiger charge is 2.32. The van der Waals surface area contributed by atoms with Crippen LogP contribution in [0, 0.1) is 5.82 Å². The first kappa shape index (κ1) is 13.8. The maximum absolute atomic E-state index is 13.1. The van der Waals surface area contributed by atoms with Crippen LogP contribution in [0.3, 0.4) is 0 Å². The fourth-order valence-electron chi connectivity index (χ4n) is 1.34. The Bertz CT molecular complexity index is 580. The van der Waals surface area contributed by atoms with Crippen molar-refractivity contribution in [2.75, 3.05) is 0 Å². The second kappa shape index (κ2) is 5.16. The standard InChI is InChI=1S/C12H6BrF4NO/c13-7-4-8(14)6-9(5-7)19-11-3-1-2-10(18-11)12(15,16)17/h1-6H. The van der Waals surface area contributed by atoms with Gasteiger partial charge in [0.2, 0.25) is 5.88 Å². The van der Waals surface area contributed by atoms with Gasteiger partial charge in [0, 0.05) is 16.6 Å². The number of pyridine rings is 1. The zero-order chi connectivity index (χ0) is 14.0. The van der Waals surface area contributed by atoms with E-state index >= 15 is 0 Å². The molecule has 0 amide bonds. The molecule has 1 aromatic carbocycles. The van der Waals surface area contributed by atoms with E-state index in [1.54, 1.807) is 0 Å². The Labute approximate surface area is 114 Å². The summed E-state index contributed by atoms with van der Waals surface area (Å²) in [5.74, 6) is -0.776. The van der Waals surface area contributed by atoms with Crippen molar-refractivity contribution in [2.24, 2.45) is 0 Å². The lowest BCUT2D eigenvalue weighted by Crippen LogP contribution is -2.07. The fraction of sp³-hybridized carbons (Fsp3) is 0.0833. The van der Waals surface area contributed by atoms with E-state index in [-0.39, 0.29) is 11.6 Å². The van der Waals surface area contributed by atoms with Gasteiger partial charge in [0.1, 0.15) is 17.3 Å². The van der Waals surface area contributed by atoms with Crippen LogP contribution in [0.2, 0.25) is 0 Å². The van der Waals surface area contributed by atoms with Crippen LogP contribution in [0.4, 0.5) is 17.6 Å². The third-order valence-electron chi connectivity index (χ3n) is 2.07. The van der Waals surface area contributed by atoms with Gasteiger partial charge in [-0.1, -0.05) is 22.0 Å². The van der Waals surface area contributed by atoms with Crippen molar-refractivity contribution >= 4 is 15.9 Å². The molecule has 0 fully saturated rings. The lowest BCUT2D eigenvalue weighted by atomic mass is 10.3. The maximum Gasteiger partial charge on any atom is 0.433 e. The summed E-state index contributed by atoms with van der Waals surface area (Å²) < 4.78 is 55.9. The molecule has 2 nitrogen and oxygen atoms in total. The van der Waals surface area contributed by atoms with E-state index in [2.05, 4.69) is 20.9 Å². The van der Waals surface area contributed by atoms with Crippen LogP contribution < -0.4 is 4.74 Å². The molecule has 1 heterocycles. The van der Waals surface area contributed by atoms with Crippen molar-refractivity contribution in [3.63, 3.8) is 0 Å². The zero-order valence-electron chi connectivity index (χ0n) is 9.21. The van der Waals surface area contributed by atoms with Crippen LogP contribution in [-0.4, -0.2) is 4.98 Å². The number of hydrogen-bond acceptors (Lipinski definition) is 2. The lowest BCUT2D eigenvalue weighted by Gasteiger charge is -2.09. The van der Waals surface area contributed by atoms with Gasteiger partial charge >= 0.3 is 6.18 Å². The minimum Gasteiger partial charge on any atom is -0.439 e. The summed E-state index contributed by atoms with van der Waals surface area (Å²) in [6, 6.07) is 6.92. The predicted molar refractivity (Wildman–Crippen MR) is 63.4 cm³/mol. The quantitative estimate of drug-likeness (QED) is 0.736. The number of alkyl halides is 3. The summed E-state index contributed by atoms with van der Waals surface area (Å²) in [6.45, 7) is 0. The third-order valence-corrected chi connectivity index (χ3v) is 2.53. The zero-order valence-corrected chi connectivity index (χ0v) is 10.8. The molecule has 7 heteroatoms. The molecule has 100 valence electrons. The third kappa shape index (κ3) is 3.66. The van der Waals surface area contributed by atoms with Crippen molar-refractivity contribution in [3.05, 3.63) is 52.4 Å². The molecule has 0 unspecified atom stereocenters. The Balaban J connectivity index is 2.28. The summed E-state index contributed by atoms with van der Waals surface area (Å²) in [4.78, 5) is 3.31. The Morgan fingerprint density at radius 2 is 1.84 bits per heavy atom. The fourth-order valence-corrected chi connectivity index (χ4v) is 1.78. The van der Waals surface area contributed by atoms with Gasteiger partial charge in [0.25, 0.3) is 0 Å². The Kier molecular flexibility index (Phi) is 3.75. The second-order valence-corrected chi connectivity index (χ2v) is 4.48. The monoisotopic (exact) mass is 335 g/mol. The molecular weight excluding hydrogens is 330 g/mol. The summed E-state index contributed by atoms with van der Waals surface area (Å²) in [6.07, 6.45) is -4.55. The van der Waals surface area contributed by atoms with E-state index in [1.807, 2.05) is 0 Å².